The molecule has 2 N–H and O–H groups in total. The smallest absolute Gasteiger partial charge is 0.307 e. The molecule has 0 aromatic heterocycles. The molecule has 0 saturated carbocycles. The van der Waals surface area contributed by atoms with Crippen molar-refractivity contribution in [2.24, 2.45) is 5.92 Å². The lowest BCUT2D eigenvalue weighted by molar-refractivity contribution is -0.142. The van der Waals surface area contributed by atoms with Crippen LogP contribution in [0, 0.1) is 5.92 Å². The minimum atomic E-state index is -0.845. The molecule has 5 nitrogen and oxygen atoms in total. The molecule has 98 valence electrons. The minimum absolute atomic E-state index is 0.107. The highest BCUT2D eigenvalue weighted by Gasteiger charge is 2.23. The van der Waals surface area contributed by atoms with Crippen molar-refractivity contribution < 1.29 is 14.7 Å². The summed E-state index contributed by atoms with van der Waals surface area (Å²) in [4.78, 5) is 24.3. The number of amides is 1. The zero-order valence-corrected chi connectivity index (χ0v) is 10.8. The summed E-state index contributed by atoms with van der Waals surface area (Å²) in [6.07, 6.45) is 1.61. The molecule has 0 aromatic rings. The summed E-state index contributed by atoms with van der Waals surface area (Å²) in [7, 11) is 0. The number of rotatable bonds is 8. The van der Waals surface area contributed by atoms with Crippen LogP contribution in [0.25, 0.3) is 0 Å². The Hall–Kier alpha value is -1.36. The maximum atomic E-state index is 11.7. The van der Waals surface area contributed by atoms with Gasteiger partial charge in [0.25, 0.3) is 0 Å². The maximum Gasteiger partial charge on any atom is 0.307 e. The summed E-state index contributed by atoms with van der Waals surface area (Å²) in [6.45, 7) is 10.3. The largest absolute Gasteiger partial charge is 0.481 e. The van der Waals surface area contributed by atoms with Crippen LogP contribution < -0.4 is 5.32 Å². The van der Waals surface area contributed by atoms with Crippen molar-refractivity contribution in [2.45, 2.75) is 26.8 Å². The van der Waals surface area contributed by atoms with Gasteiger partial charge in [-0.25, -0.2) is 0 Å². The van der Waals surface area contributed by atoms with Gasteiger partial charge in [0.2, 0.25) is 5.91 Å². The number of nitrogens with zero attached hydrogens (tertiary/aromatic N) is 1. The van der Waals surface area contributed by atoms with Gasteiger partial charge in [-0.2, -0.15) is 0 Å². The van der Waals surface area contributed by atoms with Gasteiger partial charge >= 0.3 is 5.97 Å². The topological polar surface area (TPSA) is 69.6 Å². The third kappa shape index (κ3) is 5.49. The second kappa shape index (κ2) is 7.84. The summed E-state index contributed by atoms with van der Waals surface area (Å²) in [5, 5.41) is 11.6. The predicted octanol–water partition coefficient (Wildman–Crippen LogP) is 0.720. The van der Waals surface area contributed by atoms with E-state index in [-0.39, 0.29) is 11.9 Å². The first-order valence-corrected chi connectivity index (χ1v) is 5.79. The normalized spacial score (nSPS) is 14.1. The molecule has 0 aliphatic carbocycles. The van der Waals surface area contributed by atoms with Gasteiger partial charge in [-0.05, 0) is 13.5 Å². The molecular weight excluding hydrogens is 220 g/mol. The number of carbonyl (C=O) groups excluding carboxylic acids is 1. The van der Waals surface area contributed by atoms with Crippen LogP contribution in [-0.4, -0.2) is 47.6 Å². The van der Waals surface area contributed by atoms with Crippen LogP contribution in [0.3, 0.4) is 0 Å². The van der Waals surface area contributed by atoms with Crippen molar-refractivity contribution >= 4 is 11.9 Å². The van der Waals surface area contributed by atoms with E-state index >= 15 is 0 Å². The van der Waals surface area contributed by atoms with E-state index < -0.39 is 11.9 Å². The fourth-order valence-corrected chi connectivity index (χ4v) is 1.48. The molecule has 0 bridgehead atoms. The van der Waals surface area contributed by atoms with Crippen molar-refractivity contribution in [3.05, 3.63) is 12.7 Å². The van der Waals surface area contributed by atoms with Gasteiger partial charge in [0.15, 0.2) is 0 Å². The van der Waals surface area contributed by atoms with Crippen molar-refractivity contribution in [3.63, 3.8) is 0 Å². The third-order valence-corrected chi connectivity index (χ3v) is 2.68. The molecule has 0 heterocycles. The monoisotopic (exact) mass is 242 g/mol. The first-order chi connectivity index (χ1) is 7.93. The second-order valence-corrected chi connectivity index (χ2v) is 4.04. The molecule has 2 atom stereocenters. The molecule has 0 fully saturated rings. The van der Waals surface area contributed by atoms with E-state index in [1.54, 1.807) is 19.9 Å². The van der Waals surface area contributed by atoms with Gasteiger partial charge in [-0.15, -0.1) is 6.58 Å². The first kappa shape index (κ1) is 15.6. The van der Waals surface area contributed by atoms with Gasteiger partial charge in [-0.3, -0.25) is 14.5 Å². The van der Waals surface area contributed by atoms with E-state index in [1.807, 2.05) is 11.8 Å². The van der Waals surface area contributed by atoms with E-state index in [1.165, 1.54) is 0 Å². The number of hydrogen-bond acceptors (Lipinski definition) is 3. The van der Waals surface area contributed by atoms with E-state index in [0.717, 1.165) is 0 Å². The molecule has 17 heavy (non-hydrogen) atoms. The average molecular weight is 242 g/mol. The van der Waals surface area contributed by atoms with Crippen LogP contribution in [0.4, 0.5) is 0 Å². The lowest BCUT2D eigenvalue weighted by Crippen LogP contribution is -2.47. The SMILES string of the molecule is C=CCNC(=O)C(C)N(CC)CC(C)C(=O)O. The zero-order valence-electron chi connectivity index (χ0n) is 10.8. The van der Waals surface area contributed by atoms with Crippen LogP contribution in [-0.2, 0) is 9.59 Å². The Bertz CT molecular complexity index is 279. The van der Waals surface area contributed by atoms with Gasteiger partial charge in [0.1, 0.15) is 0 Å². The van der Waals surface area contributed by atoms with Crippen molar-refractivity contribution in [2.75, 3.05) is 19.6 Å². The number of hydrogen-bond donors (Lipinski definition) is 2. The van der Waals surface area contributed by atoms with Crippen LogP contribution in [0.15, 0.2) is 12.7 Å². The van der Waals surface area contributed by atoms with Crippen molar-refractivity contribution in [1.82, 2.24) is 10.2 Å². The van der Waals surface area contributed by atoms with E-state index in [9.17, 15) is 9.59 Å². The van der Waals surface area contributed by atoms with Gasteiger partial charge in [0.05, 0.1) is 12.0 Å². The molecule has 0 aliphatic heterocycles. The molecule has 0 saturated heterocycles. The Kier molecular flexibility index (Phi) is 7.21. The summed E-state index contributed by atoms with van der Waals surface area (Å²) in [5.74, 6) is -1.43. The Balaban J connectivity index is 4.38. The Morgan fingerprint density at radius 1 is 1.47 bits per heavy atom. The summed E-state index contributed by atoms with van der Waals surface area (Å²) >= 11 is 0. The molecule has 0 spiro atoms. The van der Waals surface area contributed by atoms with Crippen molar-refractivity contribution in [1.29, 1.82) is 0 Å². The first-order valence-electron chi connectivity index (χ1n) is 5.79. The van der Waals surface area contributed by atoms with Gasteiger partial charge < -0.3 is 10.4 Å². The molecule has 0 radical (unpaired) electrons. The number of likely N-dealkylation sites (N-methyl/N-ethyl adjacent to an activating group) is 1. The van der Waals surface area contributed by atoms with Crippen molar-refractivity contribution in [3.8, 4) is 0 Å². The molecule has 5 heteroatoms. The predicted molar refractivity (Wildman–Crippen MR) is 66.7 cm³/mol. The van der Waals surface area contributed by atoms with Gasteiger partial charge in [0, 0.05) is 13.1 Å². The lowest BCUT2D eigenvalue weighted by Gasteiger charge is -2.28. The lowest BCUT2D eigenvalue weighted by atomic mass is 10.1. The molecular formula is C12H22N2O3. The fourth-order valence-electron chi connectivity index (χ4n) is 1.48. The van der Waals surface area contributed by atoms with Crippen LogP contribution >= 0.6 is 0 Å². The summed E-state index contributed by atoms with van der Waals surface area (Å²) < 4.78 is 0. The quantitative estimate of drug-likeness (QED) is 0.615. The average Bonchev–Trinajstić information content (AvgIpc) is 2.31. The highest BCUT2D eigenvalue weighted by Crippen LogP contribution is 2.05. The number of carboxylic acid groups (broad SMARTS) is 1. The number of carboxylic acids is 1. The minimum Gasteiger partial charge on any atom is -0.481 e. The summed E-state index contributed by atoms with van der Waals surface area (Å²) in [5.41, 5.74) is 0. The molecule has 0 aliphatic rings. The maximum absolute atomic E-state index is 11.7. The van der Waals surface area contributed by atoms with Gasteiger partial charge in [-0.1, -0.05) is 19.9 Å². The summed E-state index contributed by atoms with van der Waals surface area (Å²) in [6, 6.07) is -0.332. The third-order valence-electron chi connectivity index (χ3n) is 2.68. The molecule has 0 aromatic carbocycles. The number of aliphatic carboxylic acids is 1. The Morgan fingerprint density at radius 2 is 2.06 bits per heavy atom. The van der Waals surface area contributed by atoms with Crippen LogP contribution in [0.1, 0.15) is 20.8 Å². The Morgan fingerprint density at radius 3 is 2.47 bits per heavy atom. The van der Waals surface area contributed by atoms with Crippen LogP contribution in [0.5, 0.6) is 0 Å². The molecule has 2 unspecified atom stereocenters. The van der Waals surface area contributed by atoms with Crippen LogP contribution in [0.2, 0.25) is 0 Å². The standard InChI is InChI=1S/C12H22N2O3/c1-5-7-13-11(15)10(4)14(6-2)8-9(3)12(16)17/h5,9-10H,1,6-8H2,2-4H3,(H,13,15)(H,16,17). The Labute approximate surface area is 102 Å². The molecule has 1 amide bonds. The molecule has 0 rings (SSSR count). The fraction of sp³-hybridized carbons (Fsp3) is 0.667. The zero-order chi connectivity index (χ0) is 13.4. The van der Waals surface area contributed by atoms with E-state index in [0.29, 0.717) is 19.6 Å². The number of nitrogens with one attached hydrogen (secondary N) is 1. The van der Waals surface area contributed by atoms with E-state index in [4.69, 9.17) is 5.11 Å². The second-order valence-electron chi connectivity index (χ2n) is 4.04. The highest BCUT2D eigenvalue weighted by atomic mass is 16.4. The number of carbonyl (C=O) groups is 2. The van der Waals surface area contributed by atoms with E-state index in [2.05, 4.69) is 11.9 Å². The highest BCUT2D eigenvalue weighted by molar-refractivity contribution is 5.81.